The quantitative estimate of drug-likeness (QED) is 0.836. The molecule has 1 aliphatic rings. The van der Waals surface area contributed by atoms with Crippen LogP contribution in [0.2, 0.25) is 0 Å². The molecule has 2 heterocycles. The average Bonchev–Trinajstić information content (AvgIpc) is 3.01. The van der Waals surface area contributed by atoms with Crippen molar-refractivity contribution < 1.29 is 18.0 Å². The predicted octanol–water partition coefficient (Wildman–Crippen LogP) is 1.04. The van der Waals surface area contributed by atoms with Crippen LogP contribution in [0.25, 0.3) is 0 Å². The minimum atomic E-state index is -4.49. The number of nitrogens with one attached hydrogen (secondary N) is 1. The van der Waals surface area contributed by atoms with E-state index in [-0.39, 0.29) is 18.5 Å². The van der Waals surface area contributed by atoms with Crippen LogP contribution in [0.3, 0.4) is 0 Å². The molecule has 0 saturated carbocycles. The Morgan fingerprint density at radius 1 is 1.33 bits per heavy atom. The third-order valence-corrected chi connectivity index (χ3v) is 4.31. The smallest absolute Gasteiger partial charge is 0.353 e. The zero-order valence-electron chi connectivity index (χ0n) is 14.0. The van der Waals surface area contributed by atoms with E-state index in [1.807, 2.05) is 6.92 Å². The van der Waals surface area contributed by atoms with Crippen LogP contribution in [0.4, 0.5) is 13.2 Å². The van der Waals surface area contributed by atoms with E-state index < -0.39 is 11.9 Å². The van der Waals surface area contributed by atoms with Gasteiger partial charge in [-0.3, -0.25) is 14.4 Å². The van der Waals surface area contributed by atoms with Gasteiger partial charge in [-0.05, 0) is 19.5 Å². The minimum absolute atomic E-state index is 0.191. The SMILES string of the molecule is CCN1CCN(C(C)CNC(=O)Cn2ccc(C(F)(F)F)n2)CC1. The van der Waals surface area contributed by atoms with E-state index in [1.54, 1.807) is 0 Å². The molecule has 0 bridgehead atoms. The lowest BCUT2D eigenvalue weighted by molar-refractivity contribution is -0.141. The number of nitrogens with zero attached hydrogens (tertiary/aromatic N) is 4. The van der Waals surface area contributed by atoms with Gasteiger partial charge in [0.15, 0.2) is 5.69 Å². The Hall–Kier alpha value is -1.61. The van der Waals surface area contributed by atoms with Gasteiger partial charge in [0.05, 0.1) is 0 Å². The van der Waals surface area contributed by atoms with Crippen molar-refractivity contribution in [3.05, 3.63) is 18.0 Å². The van der Waals surface area contributed by atoms with E-state index in [2.05, 4.69) is 27.1 Å². The van der Waals surface area contributed by atoms with Crippen LogP contribution in [-0.2, 0) is 17.5 Å². The third kappa shape index (κ3) is 5.20. The lowest BCUT2D eigenvalue weighted by Gasteiger charge is -2.37. The fourth-order valence-electron chi connectivity index (χ4n) is 2.71. The van der Waals surface area contributed by atoms with Gasteiger partial charge in [-0.25, -0.2) is 0 Å². The molecule has 1 aromatic rings. The van der Waals surface area contributed by atoms with Gasteiger partial charge in [0, 0.05) is 45.0 Å². The average molecular weight is 347 g/mol. The molecule has 1 aliphatic heterocycles. The molecule has 1 saturated heterocycles. The summed E-state index contributed by atoms with van der Waals surface area (Å²) in [7, 11) is 0. The molecule has 2 rings (SSSR count). The number of halogens is 3. The molecule has 0 aromatic carbocycles. The molecular formula is C15H24F3N5O. The first-order chi connectivity index (χ1) is 11.3. The van der Waals surface area contributed by atoms with Crippen LogP contribution >= 0.6 is 0 Å². The van der Waals surface area contributed by atoms with Crippen molar-refractivity contribution in [2.45, 2.75) is 32.6 Å². The van der Waals surface area contributed by atoms with Gasteiger partial charge in [0.25, 0.3) is 0 Å². The van der Waals surface area contributed by atoms with E-state index >= 15 is 0 Å². The number of aromatic nitrogens is 2. The van der Waals surface area contributed by atoms with Crippen molar-refractivity contribution >= 4 is 5.91 Å². The van der Waals surface area contributed by atoms with Crippen LogP contribution in [-0.4, -0.2) is 70.8 Å². The Morgan fingerprint density at radius 2 is 2.00 bits per heavy atom. The maximum absolute atomic E-state index is 12.5. The number of hydrogen-bond donors (Lipinski definition) is 1. The molecular weight excluding hydrogens is 323 g/mol. The predicted molar refractivity (Wildman–Crippen MR) is 83.4 cm³/mol. The fourth-order valence-corrected chi connectivity index (χ4v) is 2.71. The van der Waals surface area contributed by atoms with Gasteiger partial charge in [0.1, 0.15) is 6.54 Å². The van der Waals surface area contributed by atoms with Crippen molar-refractivity contribution in [2.24, 2.45) is 0 Å². The van der Waals surface area contributed by atoms with E-state index in [9.17, 15) is 18.0 Å². The standard InChI is InChI=1S/C15H24F3N5O/c1-3-21-6-8-22(9-7-21)12(2)10-19-14(24)11-23-5-4-13(20-23)15(16,17)18/h4-5,12H,3,6-11H2,1-2H3,(H,19,24). The van der Waals surface area contributed by atoms with Crippen molar-refractivity contribution in [1.29, 1.82) is 0 Å². The highest BCUT2D eigenvalue weighted by Gasteiger charge is 2.33. The van der Waals surface area contributed by atoms with Gasteiger partial charge in [-0.15, -0.1) is 0 Å². The second-order valence-electron chi connectivity index (χ2n) is 6.02. The molecule has 1 N–H and O–H groups in total. The number of likely N-dealkylation sites (N-methyl/N-ethyl adjacent to an activating group) is 1. The summed E-state index contributed by atoms with van der Waals surface area (Å²) in [5.41, 5.74) is -0.988. The maximum atomic E-state index is 12.5. The Kier molecular flexibility index (Phi) is 6.22. The molecule has 0 spiro atoms. The molecule has 1 fully saturated rings. The molecule has 9 heteroatoms. The second-order valence-corrected chi connectivity index (χ2v) is 6.02. The summed E-state index contributed by atoms with van der Waals surface area (Å²) in [6.45, 7) is 9.42. The summed E-state index contributed by atoms with van der Waals surface area (Å²) in [6, 6.07) is 1.06. The normalized spacial score (nSPS) is 18.5. The van der Waals surface area contributed by atoms with Crippen LogP contribution < -0.4 is 5.32 Å². The maximum Gasteiger partial charge on any atom is 0.435 e. The van der Waals surface area contributed by atoms with E-state index in [0.717, 1.165) is 49.7 Å². The topological polar surface area (TPSA) is 53.4 Å². The fraction of sp³-hybridized carbons (Fsp3) is 0.733. The van der Waals surface area contributed by atoms with Crippen LogP contribution in [0.15, 0.2) is 12.3 Å². The molecule has 1 amide bonds. The number of carbonyl (C=O) groups excluding carboxylic acids is 1. The Bertz CT molecular complexity index is 537. The third-order valence-electron chi connectivity index (χ3n) is 4.31. The van der Waals surface area contributed by atoms with Crippen molar-refractivity contribution in [3.8, 4) is 0 Å². The number of hydrogen-bond acceptors (Lipinski definition) is 4. The molecule has 1 aromatic heterocycles. The second kappa shape index (κ2) is 7.98. The lowest BCUT2D eigenvalue weighted by atomic mass is 10.2. The first-order valence-corrected chi connectivity index (χ1v) is 8.13. The number of alkyl halides is 3. The Morgan fingerprint density at radius 3 is 2.54 bits per heavy atom. The first kappa shape index (κ1) is 18.7. The molecule has 0 aliphatic carbocycles. The van der Waals surface area contributed by atoms with Crippen LogP contribution in [0.5, 0.6) is 0 Å². The van der Waals surface area contributed by atoms with E-state index in [0.29, 0.717) is 6.54 Å². The number of piperazine rings is 1. The molecule has 136 valence electrons. The highest BCUT2D eigenvalue weighted by molar-refractivity contribution is 5.75. The summed E-state index contributed by atoms with van der Waals surface area (Å²) in [5.74, 6) is -0.342. The highest BCUT2D eigenvalue weighted by Crippen LogP contribution is 2.27. The van der Waals surface area contributed by atoms with Crippen LogP contribution in [0, 0.1) is 0 Å². The molecule has 6 nitrogen and oxygen atoms in total. The summed E-state index contributed by atoms with van der Waals surface area (Å²) in [6.07, 6.45) is -3.33. The van der Waals surface area contributed by atoms with E-state index in [4.69, 9.17) is 0 Å². The van der Waals surface area contributed by atoms with Crippen LogP contribution in [0.1, 0.15) is 19.5 Å². The first-order valence-electron chi connectivity index (χ1n) is 8.13. The molecule has 24 heavy (non-hydrogen) atoms. The van der Waals surface area contributed by atoms with Gasteiger partial charge >= 0.3 is 6.18 Å². The monoisotopic (exact) mass is 347 g/mol. The summed E-state index contributed by atoms with van der Waals surface area (Å²) < 4.78 is 38.4. The zero-order chi connectivity index (χ0) is 17.7. The summed E-state index contributed by atoms with van der Waals surface area (Å²) in [4.78, 5) is 16.6. The van der Waals surface area contributed by atoms with Gasteiger partial charge < -0.3 is 10.2 Å². The van der Waals surface area contributed by atoms with Crippen molar-refractivity contribution in [2.75, 3.05) is 39.3 Å². The summed E-state index contributed by atoms with van der Waals surface area (Å²) >= 11 is 0. The zero-order valence-corrected chi connectivity index (χ0v) is 14.0. The minimum Gasteiger partial charge on any atom is -0.353 e. The lowest BCUT2D eigenvalue weighted by Crippen LogP contribution is -2.52. The molecule has 1 atom stereocenters. The van der Waals surface area contributed by atoms with Gasteiger partial charge in [-0.2, -0.15) is 18.3 Å². The number of rotatable bonds is 6. The largest absolute Gasteiger partial charge is 0.435 e. The Labute approximate surface area is 139 Å². The van der Waals surface area contributed by atoms with Crippen molar-refractivity contribution in [1.82, 2.24) is 24.9 Å². The number of carbonyl (C=O) groups is 1. The number of amides is 1. The Balaban J connectivity index is 1.74. The van der Waals surface area contributed by atoms with Crippen molar-refractivity contribution in [3.63, 3.8) is 0 Å². The summed E-state index contributed by atoms with van der Waals surface area (Å²) in [5, 5.41) is 6.14. The van der Waals surface area contributed by atoms with Gasteiger partial charge in [0.2, 0.25) is 5.91 Å². The van der Waals surface area contributed by atoms with E-state index in [1.165, 1.54) is 0 Å². The molecule has 1 unspecified atom stereocenters. The van der Waals surface area contributed by atoms with Gasteiger partial charge in [-0.1, -0.05) is 6.92 Å². The molecule has 0 radical (unpaired) electrons. The highest BCUT2D eigenvalue weighted by atomic mass is 19.4.